The van der Waals surface area contributed by atoms with Crippen molar-refractivity contribution in [2.45, 2.75) is 6.54 Å². The topological polar surface area (TPSA) is 70.1 Å². The first-order chi connectivity index (χ1) is 12.7. The summed E-state index contributed by atoms with van der Waals surface area (Å²) in [5.74, 6) is 1.46. The lowest BCUT2D eigenvalue weighted by atomic mass is 10.2. The van der Waals surface area contributed by atoms with Crippen LogP contribution in [0.1, 0.15) is 5.69 Å². The zero-order valence-electron chi connectivity index (χ0n) is 13.9. The average Bonchev–Trinajstić information content (AvgIpc) is 2.67. The van der Waals surface area contributed by atoms with E-state index in [1.807, 2.05) is 18.2 Å². The van der Waals surface area contributed by atoms with Crippen LogP contribution in [0.2, 0.25) is 5.15 Å². The van der Waals surface area contributed by atoms with Gasteiger partial charge in [0.1, 0.15) is 11.0 Å². The maximum Gasteiger partial charge on any atom is 0.228 e. The number of nitrogens with zero attached hydrogens (tertiary/aromatic N) is 6. The highest BCUT2D eigenvalue weighted by Gasteiger charge is 2.19. The van der Waals surface area contributed by atoms with Gasteiger partial charge in [0.15, 0.2) is 0 Å². The highest BCUT2D eigenvalue weighted by molar-refractivity contribution is 14.1. The zero-order chi connectivity index (χ0) is 17.9. The Hall–Kier alpha value is -1.78. The largest absolute Gasteiger partial charge is 0.364 e. The Balaban J connectivity index is 1.67. The van der Waals surface area contributed by atoms with E-state index in [0.717, 1.165) is 54.5 Å². The molecule has 1 aliphatic rings. The second-order valence-electron chi connectivity index (χ2n) is 5.97. The molecule has 4 rings (SSSR count). The molecule has 4 heterocycles. The quantitative estimate of drug-likeness (QED) is 0.349. The Labute approximate surface area is 170 Å². The molecule has 3 aromatic heterocycles. The van der Waals surface area contributed by atoms with Gasteiger partial charge in [0.2, 0.25) is 5.95 Å². The van der Waals surface area contributed by atoms with Crippen LogP contribution < -0.4 is 10.2 Å². The number of pyridine rings is 2. The van der Waals surface area contributed by atoms with E-state index >= 15 is 0 Å². The first-order valence-corrected chi connectivity index (χ1v) is 9.66. The maximum atomic E-state index is 6.09. The third-order valence-corrected chi connectivity index (χ3v) is 5.38. The van der Waals surface area contributed by atoms with Crippen molar-refractivity contribution in [2.75, 3.05) is 36.4 Å². The van der Waals surface area contributed by atoms with Crippen LogP contribution in [0, 0.1) is 0 Å². The van der Waals surface area contributed by atoms with Crippen LogP contribution in [0.25, 0.3) is 10.9 Å². The number of hydrogen-bond donors (Lipinski definition) is 1. The summed E-state index contributed by atoms with van der Waals surface area (Å²) in [5, 5.41) is 4.66. The van der Waals surface area contributed by atoms with Gasteiger partial charge in [-0.2, -0.15) is 4.98 Å². The molecule has 1 aliphatic heterocycles. The molecule has 1 saturated heterocycles. The fraction of sp³-hybridized carbons (Fsp3) is 0.294. The number of piperazine rings is 1. The molecule has 0 radical (unpaired) electrons. The van der Waals surface area contributed by atoms with Gasteiger partial charge in [0, 0.05) is 60.6 Å². The summed E-state index contributed by atoms with van der Waals surface area (Å²) in [4.78, 5) is 20.2. The van der Waals surface area contributed by atoms with Crippen LogP contribution in [0.4, 0.5) is 11.8 Å². The molecule has 1 fully saturated rings. The Kier molecular flexibility index (Phi) is 5.32. The number of hydrogen-bond acceptors (Lipinski definition) is 7. The minimum absolute atomic E-state index is 0.424. The Morgan fingerprint density at radius 3 is 2.73 bits per heavy atom. The molecule has 0 bridgehead atoms. The fourth-order valence-corrected chi connectivity index (χ4v) is 3.42. The predicted octanol–water partition coefficient (Wildman–Crippen LogP) is 3.16. The van der Waals surface area contributed by atoms with E-state index in [1.54, 1.807) is 18.5 Å². The van der Waals surface area contributed by atoms with Gasteiger partial charge < -0.3 is 10.2 Å². The van der Waals surface area contributed by atoms with Gasteiger partial charge in [-0.05, 0) is 18.2 Å². The first kappa shape index (κ1) is 17.6. The predicted molar refractivity (Wildman–Crippen MR) is 112 cm³/mol. The first-order valence-electron chi connectivity index (χ1n) is 8.32. The van der Waals surface area contributed by atoms with Gasteiger partial charge in [-0.1, -0.05) is 17.7 Å². The van der Waals surface area contributed by atoms with Crippen molar-refractivity contribution in [3.05, 3.63) is 47.5 Å². The van der Waals surface area contributed by atoms with Crippen LogP contribution >= 0.6 is 34.5 Å². The van der Waals surface area contributed by atoms with Crippen LogP contribution in [-0.2, 0) is 6.54 Å². The van der Waals surface area contributed by atoms with E-state index in [9.17, 15) is 0 Å². The Morgan fingerprint density at radius 2 is 1.96 bits per heavy atom. The Morgan fingerprint density at radius 1 is 1.12 bits per heavy atom. The van der Waals surface area contributed by atoms with Crippen LogP contribution in [0.15, 0.2) is 36.7 Å². The molecule has 1 N–H and O–H groups in total. The van der Waals surface area contributed by atoms with Gasteiger partial charge in [-0.15, -0.1) is 0 Å². The number of nitrogens with one attached hydrogen (secondary N) is 1. The molecular weight excluding hydrogens is 465 g/mol. The summed E-state index contributed by atoms with van der Waals surface area (Å²) in [6, 6.07) is 7.65. The molecule has 7 nitrogen and oxygen atoms in total. The van der Waals surface area contributed by atoms with E-state index < -0.39 is 0 Å². The summed E-state index contributed by atoms with van der Waals surface area (Å²) in [6.07, 6.45) is 3.48. The molecule has 0 amide bonds. The van der Waals surface area contributed by atoms with E-state index in [-0.39, 0.29) is 0 Å². The Bertz CT molecular complexity index is 900. The molecule has 3 aromatic rings. The van der Waals surface area contributed by atoms with E-state index in [1.165, 1.54) is 0 Å². The second kappa shape index (κ2) is 7.85. The fourth-order valence-electron chi connectivity index (χ4n) is 2.83. The minimum Gasteiger partial charge on any atom is -0.364 e. The van der Waals surface area contributed by atoms with E-state index in [4.69, 9.17) is 21.6 Å². The molecular formula is C17H17ClIN7. The van der Waals surface area contributed by atoms with Crippen molar-refractivity contribution in [1.29, 1.82) is 0 Å². The lowest BCUT2D eigenvalue weighted by molar-refractivity contribution is 0.456. The van der Waals surface area contributed by atoms with Crippen LogP contribution in [0.5, 0.6) is 0 Å². The molecule has 26 heavy (non-hydrogen) atoms. The van der Waals surface area contributed by atoms with Gasteiger partial charge in [-0.3, -0.25) is 4.98 Å². The second-order valence-corrected chi connectivity index (χ2v) is 7.72. The molecule has 0 aliphatic carbocycles. The van der Waals surface area contributed by atoms with Gasteiger partial charge in [0.05, 0.1) is 24.0 Å². The minimum atomic E-state index is 0.424. The van der Waals surface area contributed by atoms with Crippen LogP contribution in [-0.4, -0.2) is 49.2 Å². The van der Waals surface area contributed by atoms with Gasteiger partial charge >= 0.3 is 0 Å². The van der Waals surface area contributed by atoms with Crippen molar-refractivity contribution in [2.24, 2.45) is 0 Å². The number of fused-ring (bicyclic) bond motifs is 1. The van der Waals surface area contributed by atoms with Crippen molar-refractivity contribution in [1.82, 2.24) is 23.0 Å². The van der Waals surface area contributed by atoms with Gasteiger partial charge in [0.25, 0.3) is 0 Å². The number of rotatable bonds is 4. The van der Waals surface area contributed by atoms with Gasteiger partial charge in [-0.25, -0.2) is 13.1 Å². The normalized spacial score (nSPS) is 15.4. The summed E-state index contributed by atoms with van der Waals surface area (Å²) >= 11 is 8.44. The van der Waals surface area contributed by atoms with Crippen molar-refractivity contribution in [3.8, 4) is 0 Å². The molecule has 9 heteroatoms. The standard InChI is InChI=1S/C17H17ClIN7/c18-15-9-13-14(11-21-15)23-17(25-5-7-26(19)8-6-25)24-16(13)22-10-12-3-1-2-4-20-12/h1-4,9,11H,5-8,10H2,(H,22,23,24). The highest BCUT2D eigenvalue weighted by Crippen LogP contribution is 2.26. The lowest BCUT2D eigenvalue weighted by Gasteiger charge is -2.31. The van der Waals surface area contributed by atoms with Crippen molar-refractivity contribution < 1.29 is 0 Å². The number of halogens is 2. The van der Waals surface area contributed by atoms with E-state index in [0.29, 0.717) is 11.7 Å². The van der Waals surface area contributed by atoms with Crippen molar-refractivity contribution in [3.63, 3.8) is 0 Å². The summed E-state index contributed by atoms with van der Waals surface area (Å²) in [7, 11) is 0. The molecule has 0 unspecified atom stereocenters. The highest BCUT2D eigenvalue weighted by atomic mass is 127. The summed E-state index contributed by atoms with van der Waals surface area (Å²) in [6.45, 7) is 4.34. The number of anilines is 2. The molecule has 0 spiro atoms. The van der Waals surface area contributed by atoms with Crippen molar-refractivity contribution >= 4 is 57.1 Å². The third kappa shape index (κ3) is 3.97. The van der Waals surface area contributed by atoms with E-state index in [2.05, 4.69) is 46.2 Å². The maximum absolute atomic E-state index is 6.09. The lowest BCUT2D eigenvalue weighted by Crippen LogP contribution is -2.43. The average molecular weight is 482 g/mol. The third-order valence-electron chi connectivity index (χ3n) is 4.21. The zero-order valence-corrected chi connectivity index (χ0v) is 16.9. The molecule has 134 valence electrons. The smallest absolute Gasteiger partial charge is 0.228 e. The summed E-state index contributed by atoms with van der Waals surface area (Å²) in [5.41, 5.74) is 1.72. The van der Waals surface area contributed by atoms with Crippen LogP contribution in [0.3, 0.4) is 0 Å². The SMILES string of the molecule is Clc1cc2c(NCc3ccccn3)nc(N3CCN(I)CC3)nc2cn1. The number of aromatic nitrogens is 4. The monoisotopic (exact) mass is 481 g/mol. The molecule has 0 atom stereocenters. The summed E-state index contributed by atoms with van der Waals surface area (Å²) < 4.78 is 2.27. The molecule has 0 aromatic carbocycles. The molecule has 0 saturated carbocycles.